The Kier molecular flexibility index (Phi) is 8.17. The van der Waals surface area contributed by atoms with Gasteiger partial charge in [-0.05, 0) is 37.6 Å². The van der Waals surface area contributed by atoms with Gasteiger partial charge in [0.25, 0.3) is 11.8 Å². The summed E-state index contributed by atoms with van der Waals surface area (Å²) in [7, 11) is 4.58. The molecule has 1 fully saturated rings. The zero-order valence-corrected chi connectivity index (χ0v) is 20.2. The van der Waals surface area contributed by atoms with E-state index in [4.69, 9.17) is 18.9 Å². The Balaban J connectivity index is 1.65. The smallest absolute Gasteiger partial charge is 0.340 e. The summed E-state index contributed by atoms with van der Waals surface area (Å²) in [5.41, 5.74) is 2.33. The number of carbonyl (C=O) groups excluding carboxylic acids is 3. The second-order valence-corrected chi connectivity index (χ2v) is 7.91. The minimum absolute atomic E-state index is 0.138. The van der Waals surface area contributed by atoms with Crippen LogP contribution in [-0.2, 0) is 9.47 Å². The van der Waals surface area contributed by atoms with Crippen molar-refractivity contribution in [1.82, 2.24) is 14.8 Å². The van der Waals surface area contributed by atoms with Crippen molar-refractivity contribution < 1.29 is 33.3 Å². The molecule has 2 aromatic rings. The summed E-state index contributed by atoms with van der Waals surface area (Å²) in [5, 5.41) is 0. The van der Waals surface area contributed by atoms with Crippen LogP contribution in [-0.4, -0.2) is 93.3 Å². The third-order valence-corrected chi connectivity index (χ3v) is 5.86. The number of piperazine rings is 1. The van der Waals surface area contributed by atoms with Crippen LogP contribution in [0.15, 0.2) is 18.2 Å². The molecule has 1 aliphatic rings. The van der Waals surface area contributed by atoms with E-state index in [1.165, 1.54) is 21.3 Å². The van der Waals surface area contributed by atoms with Gasteiger partial charge in [-0.15, -0.1) is 0 Å². The van der Waals surface area contributed by atoms with Crippen LogP contribution < -0.4 is 9.47 Å². The number of aromatic nitrogens is 1. The predicted molar refractivity (Wildman–Crippen MR) is 124 cm³/mol. The van der Waals surface area contributed by atoms with Crippen molar-refractivity contribution in [2.75, 3.05) is 60.7 Å². The number of esters is 1. The van der Waals surface area contributed by atoms with Crippen LogP contribution in [0, 0.1) is 13.8 Å². The van der Waals surface area contributed by atoms with Crippen LogP contribution in [0.25, 0.3) is 0 Å². The minimum Gasteiger partial charge on any atom is -0.493 e. The summed E-state index contributed by atoms with van der Waals surface area (Å²) < 4.78 is 20.6. The van der Waals surface area contributed by atoms with Crippen LogP contribution in [0.3, 0.4) is 0 Å². The third kappa shape index (κ3) is 5.17. The second-order valence-electron chi connectivity index (χ2n) is 7.91. The summed E-state index contributed by atoms with van der Waals surface area (Å²) in [4.78, 5) is 45.0. The first-order valence-electron chi connectivity index (χ1n) is 11.0. The molecule has 10 nitrogen and oxygen atoms in total. The van der Waals surface area contributed by atoms with E-state index in [9.17, 15) is 14.4 Å². The number of aromatic amines is 1. The average molecular weight is 474 g/mol. The molecule has 10 heteroatoms. The average Bonchev–Trinajstić information content (AvgIpc) is 3.16. The van der Waals surface area contributed by atoms with Gasteiger partial charge in [0, 0.05) is 44.5 Å². The van der Waals surface area contributed by atoms with Crippen LogP contribution >= 0.6 is 0 Å². The number of H-pyrrole nitrogens is 1. The highest BCUT2D eigenvalue weighted by atomic mass is 16.6. The summed E-state index contributed by atoms with van der Waals surface area (Å²) >= 11 is 0. The Morgan fingerprint density at radius 2 is 1.50 bits per heavy atom. The monoisotopic (exact) mass is 473 g/mol. The van der Waals surface area contributed by atoms with Gasteiger partial charge in [-0.2, -0.15) is 0 Å². The number of nitrogens with one attached hydrogen (secondary N) is 1. The van der Waals surface area contributed by atoms with Gasteiger partial charge in [-0.3, -0.25) is 9.59 Å². The predicted octanol–water partition coefficient (Wildman–Crippen LogP) is 2.05. The quantitative estimate of drug-likeness (QED) is 0.461. The first kappa shape index (κ1) is 25.1. The molecule has 0 bridgehead atoms. The molecule has 0 unspecified atom stereocenters. The number of carbonyl (C=O) groups is 3. The fraction of sp³-hybridized carbons (Fsp3) is 0.458. The van der Waals surface area contributed by atoms with Crippen molar-refractivity contribution in [1.29, 1.82) is 0 Å². The number of ether oxygens (including phenoxy) is 4. The highest BCUT2D eigenvalue weighted by molar-refractivity contribution is 6.01. The SMILES string of the molecule is COCCOC(=O)c1c(C)[nH]c(C(=O)N2CCN(C(=O)c3ccc(OC)c(OC)c3)CC2)c1C. The molecule has 1 N–H and O–H groups in total. The minimum atomic E-state index is -0.493. The van der Waals surface area contributed by atoms with E-state index >= 15 is 0 Å². The molecule has 1 aromatic heterocycles. The Morgan fingerprint density at radius 3 is 2.09 bits per heavy atom. The van der Waals surface area contributed by atoms with Crippen molar-refractivity contribution in [2.24, 2.45) is 0 Å². The Bertz CT molecular complexity index is 1060. The number of amides is 2. The lowest BCUT2D eigenvalue weighted by Crippen LogP contribution is -2.50. The molecular formula is C24H31N3O7. The molecule has 0 atom stereocenters. The normalized spacial score (nSPS) is 13.6. The Morgan fingerprint density at radius 1 is 0.882 bits per heavy atom. The van der Waals surface area contributed by atoms with Crippen molar-refractivity contribution in [2.45, 2.75) is 13.8 Å². The maximum atomic E-state index is 13.2. The van der Waals surface area contributed by atoms with E-state index in [2.05, 4.69) is 4.98 Å². The van der Waals surface area contributed by atoms with Gasteiger partial charge < -0.3 is 33.7 Å². The molecule has 1 aromatic carbocycles. The van der Waals surface area contributed by atoms with E-state index in [1.54, 1.807) is 41.8 Å². The lowest BCUT2D eigenvalue weighted by molar-refractivity contribution is 0.0386. The summed E-state index contributed by atoms with van der Waals surface area (Å²) in [6.07, 6.45) is 0. The van der Waals surface area contributed by atoms with Crippen LogP contribution in [0.5, 0.6) is 11.5 Å². The molecule has 3 rings (SSSR count). The second kappa shape index (κ2) is 11.1. The topological polar surface area (TPSA) is 110 Å². The van der Waals surface area contributed by atoms with Gasteiger partial charge >= 0.3 is 5.97 Å². The van der Waals surface area contributed by atoms with Gasteiger partial charge in [0.05, 0.1) is 26.4 Å². The van der Waals surface area contributed by atoms with Crippen molar-refractivity contribution in [3.8, 4) is 11.5 Å². The molecule has 2 amide bonds. The van der Waals surface area contributed by atoms with E-state index in [-0.39, 0.29) is 18.4 Å². The zero-order chi connectivity index (χ0) is 24.8. The highest BCUT2D eigenvalue weighted by Gasteiger charge is 2.30. The highest BCUT2D eigenvalue weighted by Crippen LogP contribution is 2.28. The number of rotatable bonds is 8. The summed E-state index contributed by atoms with van der Waals surface area (Å²) in [6, 6.07) is 5.04. The van der Waals surface area contributed by atoms with Gasteiger partial charge in [0.15, 0.2) is 11.5 Å². The maximum absolute atomic E-state index is 13.2. The van der Waals surface area contributed by atoms with E-state index in [0.29, 0.717) is 72.4 Å². The van der Waals surface area contributed by atoms with Crippen molar-refractivity contribution in [3.05, 3.63) is 46.3 Å². The number of aryl methyl sites for hydroxylation is 1. The lowest BCUT2D eigenvalue weighted by Gasteiger charge is -2.34. The van der Waals surface area contributed by atoms with E-state index in [0.717, 1.165) is 0 Å². The summed E-state index contributed by atoms with van der Waals surface area (Å²) in [6.45, 7) is 5.43. The van der Waals surface area contributed by atoms with Gasteiger partial charge in [0.2, 0.25) is 0 Å². The molecule has 1 aliphatic heterocycles. The number of hydrogen-bond donors (Lipinski definition) is 1. The van der Waals surface area contributed by atoms with E-state index < -0.39 is 5.97 Å². The molecular weight excluding hydrogens is 442 g/mol. The fourth-order valence-electron chi connectivity index (χ4n) is 3.98. The van der Waals surface area contributed by atoms with Gasteiger partial charge in [-0.25, -0.2) is 4.79 Å². The Hall–Kier alpha value is -3.53. The zero-order valence-electron chi connectivity index (χ0n) is 20.2. The van der Waals surface area contributed by atoms with Crippen molar-refractivity contribution in [3.63, 3.8) is 0 Å². The molecule has 0 aliphatic carbocycles. The molecule has 2 heterocycles. The summed E-state index contributed by atoms with van der Waals surface area (Å²) in [5.74, 6) is 0.188. The van der Waals surface area contributed by atoms with Crippen LogP contribution in [0.1, 0.15) is 42.5 Å². The fourth-order valence-corrected chi connectivity index (χ4v) is 3.98. The molecule has 0 radical (unpaired) electrons. The Labute approximate surface area is 198 Å². The third-order valence-electron chi connectivity index (χ3n) is 5.86. The van der Waals surface area contributed by atoms with Crippen LogP contribution in [0.2, 0.25) is 0 Å². The van der Waals surface area contributed by atoms with Gasteiger partial charge in [0.1, 0.15) is 12.3 Å². The standard InChI is InChI=1S/C24H31N3O7/c1-15-20(24(30)34-13-12-31-3)16(2)25-21(15)23(29)27-10-8-26(9-11-27)22(28)17-6-7-18(32-4)19(14-17)33-5/h6-7,14,25H,8-13H2,1-5H3. The largest absolute Gasteiger partial charge is 0.493 e. The first-order chi connectivity index (χ1) is 16.3. The molecule has 0 saturated carbocycles. The lowest BCUT2D eigenvalue weighted by atomic mass is 10.1. The number of hydrogen-bond acceptors (Lipinski definition) is 7. The molecule has 1 saturated heterocycles. The molecule has 0 spiro atoms. The molecule has 34 heavy (non-hydrogen) atoms. The van der Waals surface area contributed by atoms with Gasteiger partial charge in [-0.1, -0.05) is 0 Å². The van der Waals surface area contributed by atoms with Crippen LogP contribution in [0.4, 0.5) is 0 Å². The maximum Gasteiger partial charge on any atom is 0.340 e. The first-order valence-corrected chi connectivity index (χ1v) is 11.0. The number of benzene rings is 1. The van der Waals surface area contributed by atoms with E-state index in [1.807, 2.05) is 0 Å². The molecule has 184 valence electrons. The number of nitrogens with zero attached hydrogens (tertiary/aromatic N) is 2. The number of methoxy groups -OCH3 is 3. The van der Waals surface area contributed by atoms with Crippen molar-refractivity contribution >= 4 is 17.8 Å².